The molecule has 1 aliphatic rings. The molecule has 0 aromatic heterocycles. The van der Waals surface area contributed by atoms with E-state index in [1.165, 1.54) is 4.31 Å². The first-order valence-corrected chi connectivity index (χ1v) is 7.39. The molecule has 2 rings (SSSR count). The number of aliphatic hydroxyl groups is 1. The zero-order valence-electron chi connectivity index (χ0n) is 10.3. The Morgan fingerprint density at radius 3 is 2.67 bits per heavy atom. The third-order valence-corrected chi connectivity index (χ3v) is 4.98. The maximum Gasteiger partial charge on any atom is 0.243 e. The van der Waals surface area contributed by atoms with Crippen molar-refractivity contribution in [3.8, 4) is 0 Å². The number of aryl methyl sites for hydroxylation is 1. The Hall–Kier alpha value is -0.950. The fourth-order valence-corrected chi connectivity index (χ4v) is 3.48. The minimum absolute atomic E-state index is 0.0556. The minimum Gasteiger partial charge on any atom is -0.395 e. The number of rotatable bonds is 3. The molecule has 2 N–H and O–H groups in total. The van der Waals surface area contributed by atoms with Gasteiger partial charge in [0.15, 0.2) is 0 Å². The van der Waals surface area contributed by atoms with E-state index in [1.54, 1.807) is 24.3 Å². The molecule has 1 aromatic carbocycles. The molecule has 0 aliphatic carbocycles. The van der Waals surface area contributed by atoms with Gasteiger partial charge in [0, 0.05) is 25.7 Å². The van der Waals surface area contributed by atoms with Gasteiger partial charge in [0.05, 0.1) is 11.5 Å². The summed E-state index contributed by atoms with van der Waals surface area (Å²) in [5.74, 6) is 0. The summed E-state index contributed by atoms with van der Waals surface area (Å²) in [7, 11) is -3.44. The zero-order valence-corrected chi connectivity index (χ0v) is 11.2. The molecule has 100 valence electrons. The Labute approximate surface area is 107 Å². The van der Waals surface area contributed by atoms with E-state index in [1.807, 2.05) is 6.92 Å². The number of nitrogens with one attached hydrogen (secondary N) is 1. The zero-order chi connectivity index (χ0) is 13.2. The lowest BCUT2D eigenvalue weighted by Crippen LogP contribution is -2.53. The van der Waals surface area contributed by atoms with Crippen LogP contribution in [0.15, 0.2) is 29.2 Å². The van der Waals surface area contributed by atoms with Crippen LogP contribution in [-0.2, 0) is 10.0 Å². The van der Waals surface area contributed by atoms with Crippen molar-refractivity contribution in [2.75, 3.05) is 26.2 Å². The average Bonchev–Trinajstić information content (AvgIpc) is 2.39. The van der Waals surface area contributed by atoms with E-state index in [0.717, 1.165) is 5.56 Å². The number of hydrogen-bond acceptors (Lipinski definition) is 4. The first-order chi connectivity index (χ1) is 8.54. The lowest BCUT2D eigenvalue weighted by Gasteiger charge is -2.31. The monoisotopic (exact) mass is 270 g/mol. The summed E-state index contributed by atoms with van der Waals surface area (Å²) in [5.41, 5.74) is 1.03. The fraction of sp³-hybridized carbons (Fsp3) is 0.500. The molecule has 5 nitrogen and oxygen atoms in total. The van der Waals surface area contributed by atoms with Crippen LogP contribution in [0, 0.1) is 6.92 Å². The summed E-state index contributed by atoms with van der Waals surface area (Å²) in [6, 6.07) is 6.65. The number of sulfonamides is 1. The summed E-state index contributed by atoms with van der Waals surface area (Å²) >= 11 is 0. The summed E-state index contributed by atoms with van der Waals surface area (Å²) in [4.78, 5) is 0.312. The molecule has 1 aromatic rings. The highest BCUT2D eigenvalue weighted by molar-refractivity contribution is 7.89. The van der Waals surface area contributed by atoms with Gasteiger partial charge < -0.3 is 10.4 Å². The van der Waals surface area contributed by atoms with Gasteiger partial charge in [-0.2, -0.15) is 4.31 Å². The highest BCUT2D eigenvalue weighted by Gasteiger charge is 2.29. The van der Waals surface area contributed by atoms with Crippen molar-refractivity contribution in [3.63, 3.8) is 0 Å². The quantitative estimate of drug-likeness (QED) is 0.808. The van der Waals surface area contributed by atoms with Crippen molar-refractivity contribution in [1.29, 1.82) is 0 Å². The normalized spacial score (nSPS) is 22.0. The Balaban J connectivity index is 2.22. The van der Waals surface area contributed by atoms with Crippen LogP contribution in [0.2, 0.25) is 0 Å². The van der Waals surface area contributed by atoms with E-state index >= 15 is 0 Å². The third kappa shape index (κ3) is 2.72. The lowest BCUT2D eigenvalue weighted by molar-refractivity contribution is 0.195. The highest BCUT2D eigenvalue weighted by atomic mass is 32.2. The van der Waals surface area contributed by atoms with E-state index in [4.69, 9.17) is 5.11 Å². The van der Waals surface area contributed by atoms with Gasteiger partial charge in [-0.1, -0.05) is 17.7 Å². The molecule has 1 heterocycles. The highest BCUT2D eigenvalue weighted by Crippen LogP contribution is 2.17. The maximum atomic E-state index is 12.4. The summed E-state index contributed by atoms with van der Waals surface area (Å²) in [6.45, 7) is 3.18. The van der Waals surface area contributed by atoms with Gasteiger partial charge in [0.1, 0.15) is 0 Å². The van der Waals surface area contributed by atoms with Crippen LogP contribution in [0.1, 0.15) is 5.56 Å². The van der Waals surface area contributed by atoms with Crippen molar-refractivity contribution in [2.24, 2.45) is 0 Å². The second-order valence-electron chi connectivity index (χ2n) is 4.51. The molecule has 1 fully saturated rings. The largest absolute Gasteiger partial charge is 0.395 e. The van der Waals surface area contributed by atoms with Gasteiger partial charge >= 0.3 is 0 Å². The van der Waals surface area contributed by atoms with Gasteiger partial charge in [0.2, 0.25) is 10.0 Å². The predicted molar refractivity (Wildman–Crippen MR) is 68.8 cm³/mol. The smallest absolute Gasteiger partial charge is 0.243 e. The number of nitrogens with zero attached hydrogens (tertiary/aromatic N) is 1. The molecular weight excluding hydrogens is 252 g/mol. The minimum atomic E-state index is -3.44. The maximum absolute atomic E-state index is 12.4. The Morgan fingerprint density at radius 1 is 1.39 bits per heavy atom. The second kappa shape index (κ2) is 5.36. The van der Waals surface area contributed by atoms with E-state index < -0.39 is 10.0 Å². The first-order valence-electron chi connectivity index (χ1n) is 5.95. The molecule has 18 heavy (non-hydrogen) atoms. The first kappa shape index (κ1) is 13.5. The lowest BCUT2D eigenvalue weighted by atomic mass is 10.2. The van der Waals surface area contributed by atoms with Gasteiger partial charge in [-0.25, -0.2) is 8.42 Å². The third-order valence-electron chi connectivity index (χ3n) is 3.10. The Morgan fingerprint density at radius 2 is 2.06 bits per heavy atom. The number of benzene rings is 1. The van der Waals surface area contributed by atoms with Crippen LogP contribution in [0.5, 0.6) is 0 Å². The standard InChI is InChI=1S/C12H18N2O3S/c1-10-2-4-12(5-3-10)18(16,17)14-7-6-13-11(8-14)9-15/h2-5,11,13,15H,6-9H2,1H3/t11-/m0/s1. The van der Waals surface area contributed by atoms with Crippen molar-refractivity contribution in [3.05, 3.63) is 29.8 Å². The Kier molecular flexibility index (Phi) is 4.01. The van der Waals surface area contributed by atoms with Crippen LogP contribution < -0.4 is 5.32 Å². The molecule has 1 atom stereocenters. The second-order valence-corrected chi connectivity index (χ2v) is 6.45. The molecule has 0 saturated carbocycles. The van der Waals surface area contributed by atoms with Gasteiger partial charge in [-0.15, -0.1) is 0 Å². The van der Waals surface area contributed by atoms with Crippen molar-refractivity contribution in [2.45, 2.75) is 17.9 Å². The molecule has 1 aliphatic heterocycles. The molecule has 0 unspecified atom stereocenters. The van der Waals surface area contributed by atoms with Gasteiger partial charge in [-0.05, 0) is 19.1 Å². The van der Waals surface area contributed by atoms with E-state index in [-0.39, 0.29) is 12.6 Å². The van der Waals surface area contributed by atoms with Crippen LogP contribution in [0.3, 0.4) is 0 Å². The molecule has 1 saturated heterocycles. The summed E-state index contributed by atoms with van der Waals surface area (Å²) in [6.07, 6.45) is 0. The Bertz CT molecular complexity index is 499. The van der Waals surface area contributed by atoms with Crippen LogP contribution >= 0.6 is 0 Å². The number of piperazine rings is 1. The van der Waals surface area contributed by atoms with E-state index in [9.17, 15) is 8.42 Å². The summed E-state index contributed by atoms with van der Waals surface area (Å²) in [5, 5.41) is 12.2. The molecular formula is C12H18N2O3S. The van der Waals surface area contributed by atoms with E-state index in [2.05, 4.69) is 5.32 Å². The number of hydrogen-bond donors (Lipinski definition) is 2. The topological polar surface area (TPSA) is 69.6 Å². The van der Waals surface area contributed by atoms with Crippen molar-refractivity contribution >= 4 is 10.0 Å². The number of aliphatic hydroxyl groups excluding tert-OH is 1. The molecule has 0 amide bonds. The summed E-state index contributed by atoms with van der Waals surface area (Å²) < 4.78 is 26.2. The molecule has 6 heteroatoms. The van der Waals surface area contributed by atoms with Crippen molar-refractivity contribution in [1.82, 2.24) is 9.62 Å². The molecule has 0 bridgehead atoms. The van der Waals surface area contributed by atoms with Gasteiger partial charge in [-0.3, -0.25) is 0 Å². The van der Waals surface area contributed by atoms with Gasteiger partial charge in [0.25, 0.3) is 0 Å². The average molecular weight is 270 g/mol. The molecule has 0 radical (unpaired) electrons. The van der Waals surface area contributed by atoms with E-state index in [0.29, 0.717) is 24.5 Å². The van der Waals surface area contributed by atoms with Crippen molar-refractivity contribution < 1.29 is 13.5 Å². The SMILES string of the molecule is Cc1ccc(S(=O)(=O)N2CCN[C@H](CO)C2)cc1. The predicted octanol–water partition coefficient (Wildman–Crippen LogP) is -0.0502. The van der Waals surface area contributed by atoms with Crippen LogP contribution in [-0.4, -0.2) is 50.1 Å². The van der Waals surface area contributed by atoms with Crippen LogP contribution in [0.25, 0.3) is 0 Å². The fourth-order valence-electron chi connectivity index (χ4n) is 1.99. The molecule has 0 spiro atoms. The van der Waals surface area contributed by atoms with Crippen LogP contribution in [0.4, 0.5) is 0 Å².